The predicted molar refractivity (Wildman–Crippen MR) is 143 cm³/mol. The van der Waals surface area contributed by atoms with Crippen molar-refractivity contribution in [1.82, 2.24) is 9.80 Å². The van der Waals surface area contributed by atoms with Crippen LogP contribution < -0.4 is 0 Å². The first-order valence-electron chi connectivity index (χ1n) is 12.3. The Kier molecular flexibility index (Phi) is 6.69. The van der Waals surface area contributed by atoms with Crippen molar-refractivity contribution in [2.24, 2.45) is 0 Å². The fraction of sp³-hybridized carbons (Fsp3) is 0.267. The molecule has 0 spiro atoms. The summed E-state index contributed by atoms with van der Waals surface area (Å²) in [4.78, 5) is 32.6. The molecule has 2 atom stereocenters. The Morgan fingerprint density at radius 3 is 2.51 bits per heavy atom. The number of fused-ring (bicyclic) bond motifs is 2. The van der Waals surface area contributed by atoms with Crippen LogP contribution in [0, 0.1) is 0 Å². The van der Waals surface area contributed by atoms with Crippen molar-refractivity contribution in [3.05, 3.63) is 106 Å². The van der Waals surface area contributed by atoms with E-state index in [4.69, 9.17) is 0 Å². The van der Waals surface area contributed by atoms with E-state index in [-0.39, 0.29) is 30.4 Å². The van der Waals surface area contributed by atoms with Gasteiger partial charge in [0.05, 0.1) is 6.04 Å². The van der Waals surface area contributed by atoms with E-state index in [0.29, 0.717) is 12.1 Å². The third-order valence-corrected chi connectivity index (χ3v) is 8.08. The van der Waals surface area contributed by atoms with Crippen molar-refractivity contribution < 1.29 is 9.59 Å². The molecule has 0 bridgehead atoms. The van der Waals surface area contributed by atoms with Crippen LogP contribution in [0.5, 0.6) is 0 Å². The maximum absolute atomic E-state index is 13.8. The van der Waals surface area contributed by atoms with Gasteiger partial charge in [-0.25, -0.2) is 0 Å². The van der Waals surface area contributed by atoms with Gasteiger partial charge in [-0.15, -0.1) is 11.3 Å². The minimum absolute atomic E-state index is 0.00913. The number of benzene rings is 3. The summed E-state index contributed by atoms with van der Waals surface area (Å²) in [6, 6.07) is 26.0. The highest BCUT2D eigenvalue weighted by Gasteiger charge is 2.34. The van der Waals surface area contributed by atoms with E-state index in [1.54, 1.807) is 16.2 Å². The Balaban J connectivity index is 1.44. The zero-order valence-corrected chi connectivity index (χ0v) is 21.0. The molecule has 0 fully saturated rings. The number of nitrogens with zero attached hydrogens (tertiary/aromatic N) is 2. The fourth-order valence-electron chi connectivity index (χ4n) is 4.95. The Labute approximate surface area is 210 Å². The average Bonchev–Trinajstić information content (AvgIpc) is 3.39. The highest BCUT2D eigenvalue weighted by Crippen LogP contribution is 2.38. The number of rotatable bonds is 6. The fourth-order valence-corrected chi connectivity index (χ4v) is 5.86. The summed E-state index contributed by atoms with van der Waals surface area (Å²) in [5, 5.41) is 4.24. The van der Waals surface area contributed by atoms with Crippen LogP contribution in [0.4, 0.5) is 0 Å². The second-order valence-corrected chi connectivity index (χ2v) is 10.2. The molecule has 0 N–H and O–H groups in total. The molecule has 1 aliphatic rings. The maximum atomic E-state index is 13.8. The van der Waals surface area contributed by atoms with E-state index in [2.05, 4.69) is 30.5 Å². The quantitative estimate of drug-likeness (QED) is 0.323. The molecular weight excluding hydrogens is 452 g/mol. The molecule has 5 heteroatoms. The molecule has 35 heavy (non-hydrogen) atoms. The molecule has 2 amide bonds. The van der Waals surface area contributed by atoms with Gasteiger partial charge < -0.3 is 9.80 Å². The summed E-state index contributed by atoms with van der Waals surface area (Å²) >= 11 is 1.76. The topological polar surface area (TPSA) is 40.6 Å². The van der Waals surface area contributed by atoms with Gasteiger partial charge in [0, 0.05) is 23.0 Å². The number of thiophene rings is 1. The van der Waals surface area contributed by atoms with E-state index in [1.165, 1.54) is 10.4 Å². The Hall–Kier alpha value is -3.44. The van der Waals surface area contributed by atoms with E-state index < -0.39 is 0 Å². The van der Waals surface area contributed by atoms with Gasteiger partial charge in [-0.3, -0.25) is 9.59 Å². The van der Waals surface area contributed by atoms with E-state index in [9.17, 15) is 9.59 Å². The van der Waals surface area contributed by atoms with E-state index >= 15 is 0 Å². The molecule has 2 heterocycles. The monoisotopic (exact) mass is 482 g/mol. The molecule has 5 rings (SSSR count). The van der Waals surface area contributed by atoms with Crippen molar-refractivity contribution in [1.29, 1.82) is 0 Å². The standard InChI is InChI=1S/C30H30N2O2S/c1-3-21(2)32(30(34)25-14-13-22-9-7-8-12-24(22)19-25)20-28(33)31-17-15-27-26(16-18-35-27)29(31)23-10-5-4-6-11-23/h4-14,16,18-19,21,29H,3,15,17,20H2,1-2H3/t21-,29+/m1/s1. The number of carbonyl (C=O) groups excluding carboxylic acids is 2. The zero-order valence-electron chi connectivity index (χ0n) is 20.2. The Bertz CT molecular complexity index is 1350. The van der Waals surface area contributed by atoms with Crippen LogP contribution in [0.2, 0.25) is 0 Å². The third-order valence-electron chi connectivity index (χ3n) is 7.09. The highest BCUT2D eigenvalue weighted by molar-refractivity contribution is 7.10. The van der Waals surface area contributed by atoms with Crippen LogP contribution in [0.3, 0.4) is 0 Å². The summed E-state index contributed by atoms with van der Waals surface area (Å²) in [5.74, 6) is -0.104. The van der Waals surface area contributed by atoms with E-state index in [1.807, 2.05) is 72.5 Å². The number of amides is 2. The van der Waals surface area contributed by atoms with Crippen molar-refractivity contribution in [3.63, 3.8) is 0 Å². The first kappa shape index (κ1) is 23.3. The second-order valence-electron chi connectivity index (χ2n) is 9.20. The second kappa shape index (κ2) is 10.0. The van der Waals surface area contributed by atoms with Crippen LogP contribution in [-0.2, 0) is 11.2 Å². The molecule has 0 saturated heterocycles. The van der Waals surface area contributed by atoms with Gasteiger partial charge in [-0.2, -0.15) is 0 Å². The van der Waals surface area contributed by atoms with Crippen molar-refractivity contribution in [2.75, 3.05) is 13.1 Å². The lowest BCUT2D eigenvalue weighted by Gasteiger charge is -2.38. The Morgan fingerprint density at radius 2 is 1.74 bits per heavy atom. The van der Waals surface area contributed by atoms with Crippen LogP contribution in [0.25, 0.3) is 10.8 Å². The lowest BCUT2D eigenvalue weighted by Crippen LogP contribution is -2.49. The molecule has 4 nitrogen and oxygen atoms in total. The van der Waals surface area contributed by atoms with Gasteiger partial charge in [-0.05, 0) is 65.2 Å². The molecule has 0 radical (unpaired) electrons. The van der Waals surface area contributed by atoms with Crippen molar-refractivity contribution in [3.8, 4) is 0 Å². The summed E-state index contributed by atoms with van der Waals surface area (Å²) < 4.78 is 0. The largest absolute Gasteiger partial charge is 0.330 e. The van der Waals surface area contributed by atoms with Gasteiger partial charge >= 0.3 is 0 Å². The van der Waals surface area contributed by atoms with Crippen LogP contribution in [0.1, 0.15) is 52.7 Å². The minimum atomic E-state index is -0.117. The predicted octanol–water partition coefficient (Wildman–Crippen LogP) is 6.32. The summed E-state index contributed by atoms with van der Waals surface area (Å²) in [6.45, 7) is 4.81. The minimum Gasteiger partial charge on any atom is -0.330 e. The molecule has 0 saturated carbocycles. The van der Waals surface area contributed by atoms with Gasteiger partial charge in [-0.1, -0.05) is 67.6 Å². The third kappa shape index (κ3) is 4.61. The number of carbonyl (C=O) groups is 2. The van der Waals surface area contributed by atoms with Gasteiger partial charge in [0.25, 0.3) is 5.91 Å². The number of hydrogen-bond acceptors (Lipinski definition) is 3. The Morgan fingerprint density at radius 1 is 1.00 bits per heavy atom. The zero-order chi connectivity index (χ0) is 24.4. The average molecular weight is 483 g/mol. The molecule has 4 aromatic rings. The van der Waals surface area contributed by atoms with Gasteiger partial charge in [0.15, 0.2) is 0 Å². The highest BCUT2D eigenvalue weighted by atomic mass is 32.1. The van der Waals surface area contributed by atoms with Gasteiger partial charge in [0.2, 0.25) is 5.91 Å². The number of hydrogen-bond donors (Lipinski definition) is 0. The lowest BCUT2D eigenvalue weighted by atomic mass is 9.93. The van der Waals surface area contributed by atoms with Crippen LogP contribution in [-0.4, -0.2) is 40.7 Å². The molecule has 178 valence electrons. The van der Waals surface area contributed by atoms with Crippen molar-refractivity contribution >= 4 is 33.9 Å². The van der Waals surface area contributed by atoms with Crippen LogP contribution in [0.15, 0.2) is 84.2 Å². The molecule has 3 aromatic carbocycles. The first-order valence-corrected chi connectivity index (χ1v) is 13.1. The molecule has 0 unspecified atom stereocenters. The normalized spacial score (nSPS) is 16.1. The summed E-state index contributed by atoms with van der Waals surface area (Å²) in [7, 11) is 0. The SMILES string of the molecule is CC[C@@H](C)N(CC(=O)N1CCc2sccc2[C@@H]1c1ccccc1)C(=O)c1ccc2ccccc2c1. The summed E-state index contributed by atoms with van der Waals surface area (Å²) in [6.07, 6.45) is 1.63. The molecule has 1 aromatic heterocycles. The maximum Gasteiger partial charge on any atom is 0.254 e. The van der Waals surface area contributed by atoms with Crippen molar-refractivity contribution in [2.45, 2.75) is 38.8 Å². The lowest BCUT2D eigenvalue weighted by molar-refractivity contribution is -0.134. The summed E-state index contributed by atoms with van der Waals surface area (Å²) in [5.41, 5.74) is 2.93. The molecule has 0 aliphatic carbocycles. The first-order chi connectivity index (χ1) is 17.1. The van der Waals surface area contributed by atoms with Gasteiger partial charge in [0.1, 0.15) is 6.54 Å². The van der Waals surface area contributed by atoms with E-state index in [0.717, 1.165) is 29.2 Å². The smallest absolute Gasteiger partial charge is 0.254 e. The molecule has 1 aliphatic heterocycles. The molecular formula is C30H30N2O2S. The van der Waals surface area contributed by atoms with Crippen LogP contribution >= 0.6 is 11.3 Å².